The highest BCUT2D eigenvalue weighted by molar-refractivity contribution is 6.33. The van der Waals surface area contributed by atoms with Crippen LogP contribution in [0.2, 0.25) is 0 Å². The van der Waals surface area contributed by atoms with E-state index in [1.165, 1.54) is 12.1 Å². The van der Waals surface area contributed by atoms with Crippen molar-refractivity contribution in [1.82, 2.24) is 10.6 Å². The number of halogens is 2. The number of hydrogen-bond donors (Lipinski definition) is 9. The van der Waals surface area contributed by atoms with Gasteiger partial charge in [-0.2, -0.15) is 0 Å². The normalized spacial score (nSPS) is 17.2. The zero-order chi connectivity index (χ0) is 53.5. The van der Waals surface area contributed by atoms with Crippen molar-refractivity contribution >= 4 is 71.6 Å². The lowest BCUT2D eigenvalue weighted by Gasteiger charge is -2.42. The third-order valence-corrected chi connectivity index (χ3v) is 9.90. The molecule has 2 aromatic rings. The molecular weight excluding hydrogens is 1050 g/mol. The van der Waals surface area contributed by atoms with Gasteiger partial charge in [-0.25, -0.2) is 0 Å². The summed E-state index contributed by atoms with van der Waals surface area (Å²) in [5.74, 6) is -6.93. The fraction of sp³-hybridized carbons (Fsp3) is 0.550. The summed E-state index contributed by atoms with van der Waals surface area (Å²) in [5, 5.41) is 103. The molecule has 32 nitrogen and oxygen atoms in total. The molecule has 9 N–H and O–H groups in total. The highest BCUT2D eigenvalue weighted by Crippen LogP contribution is 2.42. The maximum Gasteiger partial charge on any atom is 0.313 e. The molecule has 0 spiro atoms. The lowest BCUT2D eigenvalue weighted by atomic mass is 9.81. The average Bonchev–Trinajstić information content (AvgIpc) is 3.32. The Morgan fingerprint density at radius 2 is 0.905 bits per heavy atom. The van der Waals surface area contributed by atoms with E-state index in [0.29, 0.717) is 50.6 Å². The van der Waals surface area contributed by atoms with Crippen molar-refractivity contribution in [3.05, 3.63) is 87.0 Å². The first kappa shape index (κ1) is 64.8. The molecule has 34 heteroatoms. The summed E-state index contributed by atoms with van der Waals surface area (Å²) in [5.41, 5.74) is 0.678. The van der Waals surface area contributed by atoms with Crippen LogP contribution in [0, 0.1) is 40.5 Å². The molecule has 0 radical (unpaired) electrons. The molecule has 5 atom stereocenters. The van der Waals surface area contributed by atoms with Gasteiger partial charge in [0.05, 0.1) is 35.5 Å². The Balaban J connectivity index is 0.000000735. The van der Waals surface area contributed by atoms with E-state index >= 15 is 0 Å². The number of hydrogen-bond acceptors (Lipinski definition) is 28. The number of carbonyl (C=O) groups is 6. The summed E-state index contributed by atoms with van der Waals surface area (Å²) in [6, 6.07) is 5.74. The predicted octanol–water partition coefficient (Wildman–Crippen LogP) is -1.65. The van der Waals surface area contributed by atoms with E-state index < -0.39 is 144 Å². The zero-order valence-corrected chi connectivity index (χ0v) is 40.4. The van der Waals surface area contributed by atoms with Gasteiger partial charge >= 0.3 is 23.9 Å². The number of nitro groups is 4. The van der Waals surface area contributed by atoms with Crippen LogP contribution in [-0.2, 0) is 42.9 Å². The summed E-state index contributed by atoms with van der Waals surface area (Å²) < 4.78 is 25.1. The van der Waals surface area contributed by atoms with E-state index in [9.17, 15) is 84.5 Å². The quantitative estimate of drug-likeness (QED) is 0.00939. The van der Waals surface area contributed by atoms with E-state index in [-0.39, 0.29) is 71.8 Å². The summed E-state index contributed by atoms with van der Waals surface area (Å²) >= 11 is 0. The number of ether oxygens (including phenoxy) is 5. The first-order valence-electron chi connectivity index (χ1n) is 21.7. The van der Waals surface area contributed by atoms with Crippen LogP contribution in [0.1, 0.15) is 57.5 Å². The number of benzene rings is 2. The maximum absolute atomic E-state index is 13.4. The van der Waals surface area contributed by atoms with Crippen LogP contribution in [0.4, 0.5) is 11.4 Å². The summed E-state index contributed by atoms with van der Waals surface area (Å²) in [7, 11) is 0. The van der Waals surface area contributed by atoms with Gasteiger partial charge in [0.2, 0.25) is 37.7 Å². The molecule has 2 aromatic carbocycles. The minimum Gasteiger partial charge on any atom is -0.507 e. The smallest absolute Gasteiger partial charge is 0.313 e. The molecule has 1 aliphatic heterocycles. The van der Waals surface area contributed by atoms with Crippen molar-refractivity contribution in [1.29, 1.82) is 0 Å². The Bertz CT molecular complexity index is 2240. The molecule has 0 bridgehead atoms. The number of anilines is 2. The topological polar surface area (TPSA) is 470 Å². The summed E-state index contributed by atoms with van der Waals surface area (Å²) in [6.07, 6.45) is -13.2. The number of aliphatic hydroxyl groups excluding tert-OH is 3. The average molecular weight is 1100 g/mol. The number of nitrogens with one attached hydrogen (secondary N) is 4. The third kappa shape index (κ3) is 20.4. The number of fused-ring (bicyclic) bond motifs is 2. The van der Waals surface area contributed by atoms with Crippen LogP contribution >= 0.6 is 24.8 Å². The minimum absolute atomic E-state index is 0. The van der Waals surface area contributed by atoms with E-state index in [2.05, 4.69) is 21.3 Å². The molecule has 0 amide bonds. The van der Waals surface area contributed by atoms with Crippen LogP contribution in [0.25, 0.3) is 0 Å². The SMILES string of the molecule is Cl.Cl.O=C(CC[N+](=O)[O-])OCC1OC(O)C(OC(=O)CC[N+](=O)[O-])C(OC(=O)CC[N+](=O)[O-])C1OC(=O)CC[N+](=O)[O-].O=C1c2c(O)ccc(O)c2C(=O)c2c(NCCNCCO)ccc(NCCNCCO)c21. The van der Waals surface area contributed by atoms with Gasteiger partial charge in [0, 0.05) is 70.3 Å². The number of aromatic hydroxyl groups is 2. The third-order valence-electron chi connectivity index (χ3n) is 9.90. The first-order chi connectivity index (χ1) is 34.2. The summed E-state index contributed by atoms with van der Waals surface area (Å²) in [4.78, 5) is 114. The molecular formula is C40H54Cl2N8O24. The van der Waals surface area contributed by atoms with E-state index in [1.807, 2.05) is 0 Å². The molecule has 1 heterocycles. The van der Waals surface area contributed by atoms with Gasteiger partial charge in [0.1, 0.15) is 49.9 Å². The highest BCUT2D eigenvalue weighted by Gasteiger charge is 2.52. The van der Waals surface area contributed by atoms with E-state index in [1.54, 1.807) is 12.1 Å². The van der Waals surface area contributed by atoms with Gasteiger partial charge in [-0.3, -0.25) is 69.2 Å². The lowest BCUT2D eigenvalue weighted by molar-refractivity contribution is -0.479. The monoisotopic (exact) mass is 1100 g/mol. The zero-order valence-electron chi connectivity index (χ0n) is 38.8. The summed E-state index contributed by atoms with van der Waals surface area (Å²) in [6.45, 7) is -1.65. The minimum atomic E-state index is -2.22. The van der Waals surface area contributed by atoms with Crippen LogP contribution < -0.4 is 21.3 Å². The number of rotatable bonds is 29. The number of nitrogens with zero attached hydrogens (tertiary/aromatic N) is 4. The molecule has 74 heavy (non-hydrogen) atoms. The molecule has 4 rings (SSSR count). The number of aliphatic hydroxyl groups is 3. The van der Waals surface area contributed by atoms with Crippen molar-refractivity contribution in [3.63, 3.8) is 0 Å². The number of phenolic OH excluding ortho intramolecular Hbond substituents is 2. The van der Waals surface area contributed by atoms with Gasteiger partial charge in [-0.1, -0.05) is 0 Å². The second-order valence-electron chi connectivity index (χ2n) is 15.1. The van der Waals surface area contributed by atoms with Crippen molar-refractivity contribution in [2.45, 2.75) is 56.4 Å². The van der Waals surface area contributed by atoms with Crippen LogP contribution in [0.5, 0.6) is 11.5 Å². The molecule has 1 aliphatic carbocycles. The predicted molar refractivity (Wildman–Crippen MR) is 252 cm³/mol. The second-order valence-corrected chi connectivity index (χ2v) is 15.1. The molecule has 1 fully saturated rings. The standard InChI is InChI=1S/C22H28N4O6.C18H24N4O18.2ClH/c27-11-9-23-5-7-25-13-1-2-14(26-8-6-24-10-12-28)18-17(13)21(31)19-15(29)3-4-16(30)20(19)22(18)32;23-11(1-5-19(28)29)36-9-10-15(38-12(24)2-6-20(30)31)16(39-13(25)3-7-21(32)33)17(18(27)37-10)40-14(26)4-8-22(34)35;;/h1-4,23-30H,5-12H2;10,15-18,27H,1-9H2;2*1H. The van der Waals surface area contributed by atoms with Gasteiger partial charge in [-0.15, -0.1) is 24.8 Å². The van der Waals surface area contributed by atoms with Gasteiger partial charge < -0.3 is 70.5 Å². The molecule has 2 aliphatic rings. The molecule has 412 valence electrons. The number of carbonyl (C=O) groups excluding carboxylic acids is 6. The number of phenols is 2. The van der Waals surface area contributed by atoms with E-state index in [0.717, 1.165) is 0 Å². The van der Waals surface area contributed by atoms with Crippen molar-refractivity contribution < 1.29 is 97.7 Å². The van der Waals surface area contributed by atoms with Crippen molar-refractivity contribution in [2.75, 3.05) is 95.9 Å². The fourth-order valence-corrected chi connectivity index (χ4v) is 6.68. The Labute approximate surface area is 429 Å². The van der Waals surface area contributed by atoms with Gasteiger partial charge in [0.15, 0.2) is 24.6 Å². The Morgan fingerprint density at radius 3 is 1.28 bits per heavy atom. The van der Waals surface area contributed by atoms with Crippen LogP contribution in [-0.4, -0.2) is 197 Å². The van der Waals surface area contributed by atoms with Crippen LogP contribution in [0.3, 0.4) is 0 Å². The molecule has 1 saturated heterocycles. The number of ketones is 2. The van der Waals surface area contributed by atoms with Gasteiger partial charge in [0.25, 0.3) is 0 Å². The first-order valence-corrected chi connectivity index (χ1v) is 21.7. The second kappa shape index (κ2) is 32.8. The Kier molecular flexibility index (Phi) is 28.7. The molecule has 0 aromatic heterocycles. The largest absolute Gasteiger partial charge is 0.507 e. The molecule has 5 unspecified atom stereocenters. The number of esters is 4. The van der Waals surface area contributed by atoms with E-state index in [4.69, 9.17) is 33.9 Å². The van der Waals surface area contributed by atoms with Crippen molar-refractivity contribution in [2.24, 2.45) is 0 Å². The van der Waals surface area contributed by atoms with Gasteiger partial charge in [-0.05, 0) is 24.3 Å². The Morgan fingerprint density at radius 1 is 0.541 bits per heavy atom. The lowest BCUT2D eigenvalue weighted by Crippen LogP contribution is -2.62. The van der Waals surface area contributed by atoms with Crippen molar-refractivity contribution in [3.8, 4) is 11.5 Å². The maximum atomic E-state index is 13.4. The molecule has 0 saturated carbocycles. The fourth-order valence-electron chi connectivity index (χ4n) is 6.68. The van der Waals surface area contributed by atoms with Crippen LogP contribution in [0.15, 0.2) is 24.3 Å². The highest BCUT2D eigenvalue weighted by atomic mass is 35.5. The Hall–Kier alpha value is -7.20.